The van der Waals surface area contributed by atoms with Gasteiger partial charge in [0.15, 0.2) is 0 Å². The molecule has 10 heavy (non-hydrogen) atoms. The highest BCUT2D eigenvalue weighted by Gasteiger charge is 2.24. The molecule has 0 saturated carbocycles. The lowest BCUT2D eigenvalue weighted by Crippen LogP contribution is -2.34. The van der Waals surface area contributed by atoms with Crippen molar-refractivity contribution in [1.29, 1.82) is 0 Å². The zero-order chi connectivity index (χ0) is 6.81. The van der Waals surface area contributed by atoms with Gasteiger partial charge in [0, 0.05) is 12.0 Å². The Morgan fingerprint density at radius 1 is 1.40 bits per heavy atom. The van der Waals surface area contributed by atoms with E-state index in [1.165, 1.54) is 25.8 Å². The van der Waals surface area contributed by atoms with Crippen molar-refractivity contribution in [3.63, 3.8) is 0 Å². The Morgan fingerprint density at radius 2 is 2.30 bits per heavy atom. The van der Waals surface area contributed by atoms with Gasteiger partial charge < -0.3 is 10.1 Å². The second-order valence-electron chi connectivity index (χ2n) is 3.43. The number of ether oxygens (including phenoxy) is 1. The molecule has 2 fully saturated rings. The molecule has 2 aliphatic rings. The highest BCUT2D eigenvalue weighted by atomic mass is 16.5. The first-order valence-electron chi connectivity index (χ1n) is 4.26. The van der Waals surface area contributed by atoms with Gasteiger partial charge in [-0.15, -0.1) is 0 Å². The first-order chi connectivity index (χ1) is 4.95. The smallest absolute Gasteiger partial charge is 0.0517 e. The molecule has 0 aromatic rings. The Balaban J connectivity index is 1.68. The quantitative estimate of drug-likeness (QED) is 0.613. The highest BCUT2D eigenvalue weighted by Crippen LogP contribution is 2.20. The minimum atomic E-state index is 0.814. The van der Waals surface area contributed by atoms with E-state index in [9.17, 15) is 0 Å². The van der Waals surface area contributed by atoms with Crippen LogP contribution in [-0.2, 0) is 4.74 Å². The van der Waals surface area contributed by atoms with Crippen molar-refractivity contribution in [2.75, 3.05) is 19.8 Å². The predicted molar refractivity (Wildman–Crippen MR) is 40.0 cm³/mol. The zero-order valence-corrected chi connectivity index (χ0v) is 6.31. The van der Waals surface area contributed by atoms with Gasteiger partial charge >= 0.3 is 0 Å². The van der Waals surface area contributed by atoms with Gasteiger partial charge in [0.2, 0.25) is 0 Å². The van der Waals surface area contributed by atoms with E-state index >= 15 is 0 Å². The molecule has 0 bridgehead atoms. The summed E-state index contributed by atoms with van der Waals surface area (Å²) in [6.07, 6.45) is 4.11. The summed E-state index contributed by atoms with van der Waals surface area (Å²) in [5.74, 6) is 0.871. The molecule has 2 saturated heterocycles. The van der Waals surface area contributed by atoms with Crippen LogP contribution >= 0.6 is 0 Å². The third-order valence-electron chi connectivity index (χ3n) is 2.49. The standard InChI is InChI=1S/C8H15NO/c1-2-8(9-3-1)4-7-5-10-6-7/h7-9H,1-6H2. The topological polar surface area (TPSA) is 21.3 Å². The third-order valence-corrected chi connectivity index (χ3v) is 2.49. The fourth-order valence-electron chi connectivity index (χ4n) is 1.78. The van der Waals surface area contributed by atoms with Crippen LogP contribution in [0.25, 0.3) is 0 Å². The van der Waals surface area contributed by atoms with Gasteiger partial charge in [-0.3, -0.25) is 0 Å². The monoisotopic (exact) mass is 141 g/mol. The molecule has 0 spiro atoms. The van der Waals surface area contributed by atoms with E-state index in [-0.39, 0.29) is 0 Å². The molecule has 2 nitrogen and oxygen atoms in total. The van der Waals surface area contributed by atoms with Crippen molar-refractivity contribution in [1.82, 2.24) is 5.32 Å². The normalized spacial score (nSPS) is 34.2. The first kappa shape index (κ1) is 6.62. The zero-order valence-electron chi connectivity index (χ0n) is 6.31. The van der Waals surface area contributed by atoms with Gasteiger partial charge in [0.25, 0.3) is 0 Å². The van der Waals surface area contributed by atoms with Crippen molar-refractivity contribution in [2.45, 2.75) is 25.3 Å². The summed E-state index contributed by atoms with van der Waals surface area (Å²) in [4.78, 5) is 0. The second-order valence-corrected chi connectivity index (χ2v) is 3.43. The Bertz CT molecular complexity index is 106. The third kappa shape index (κ3) is 1.32. The van der Waals surface area contributed by atoms with E-state index < -0.39 is 0 Å². The SMILES string of the molecule is C1CNC(CC2COC2)C1. The summed E-state index contributed by atoms with van der Waals surface area (Å²) in [6.45, 7) is 3.26. The first-order valence-corrected chi connectivity index (χ1v) is 4.26. The molecular formula is C8H15NO. The maximum absolute atomic E-state index is 5.12. The maximum atomic E-state index is 5.12. The molecule has 1 unspecified atom stereocenters. The van der Waals surface area contributed by atoms with Crippen LogP contribution in [0, 0.1) is 5.92 Å². The molecule has 0 radical (unpaired) electrons. The molecule has 2 aliphatic heterocycles. The molecule has 0 aliphatic carbocycles. The summed E-state index contributed by atoms with van der Waals surface area (Å²) in [6, 6.07) is 0.814. The average Bonchev–Trinajstić information content (AvgIpc) is 2.29. The van der Waals surface area contributed by atoms with Crippen molar-refractivity contribution in [2.24, 2.45) is 5.92 Å². The van der Waals surface area contributed by atoms with Gasteiger partial charge in [0.05, 0.1) is 13.2 Å². The average molecular weight is 141 g/mol. The van der Waals surface area contributed by atoms with E-state index in [0.717, 1.165) is 25.2 Å². The summed E-state index contributed by atoms with van der Waals surface area (Å²) in [5.41, 5.74) is 0. The summed E-state index contributed by atoms with van der Waals surface area (Å²) < 4.78 is 5.12. The molecule has 2 heterocycles. The van der Waals surface area contributed by atoms with Gasteiger partial charge in [-0.1, -0.05) is 0 Å². The molecular weight excluding hydrogens is 126 g/mol. The van der Waals surface area contributed by atoms with E-state index in [0.29, 0.717) is 0 Å². The van der Waals surface area contributed by atoms with E-state index in [1.54, 1.807) is 0 Å². The van der Waals surface area contributed by atoms with Crippen molar-refractivity contribution >= 4 is 0 Å². The van der Waals surface area contributed by atoms with Gasteiger partial charge in [0.1, 0.15) is 0 Å². The van der Waals surface area contributed by atoms with Crippen molar-refractivity contribution < 1.29 is 4.74 Å². The van der Waals surface area contributed by atoms with Crippen molar-refractivity contribution in [3.05, 3.63) is 0 Å². The highest BCUT2D eigenvalue weighted by molar-refractivity contribution is 4.79. The van der Waals surface area contributed by atoms with Gasteiger partial charge in [-0.05, 0) is 25.8 Å². The molecule has 2 rings (SSSR count). The van der Waals surface area contributed by atoms with Crippen LogP contribution in [0.5, 0.6) is 0 Å². The fourth-order valence-corrected chi connectivity index (χ4v) is 1.78. The molecule has 1 atom stereocenters. The van der Waals surface area contributed by atoms with Crippen LogP contribution in [0.3, 0.4) is 0 Å². The van der Waals surface area contributed by atoms with Crippen LogP contribution in [0.1, 0.15) is 19.3 Å². The molecule has 0 aromatic carbocycles. The number of hydrogen-bond acceptors (Lipinski definition) is 2. The fraction of sp³-hybridized carbons (Fsp3) is 1.00. The van der Waals surface area contributed by atoms with Crippen LogP contribution < -0.4 is 5.32 Å². The molecule has 1 N–H and O–H groups in total. The molecule has 2 heteroatoms. The largest absolute Gasteiger partial charge is 0.381 e. The number of hydrogen-bond donors (Lipinski definition) is 1. The molecule has 0 amide bonds. The minimum absolute atomic E-state index is 0.814. The van der Waals surface area contributed by atoms with Crippen LogP contribution in [0.15, 0.2) is 0 Å². The lowest BCUT2D eigenvalue weighted by atomic mass is 9.98. The van der Waals surface area contributed by atoms with Crippen molar-refractivity contribution in [3.8, 4) is 0 Å². The minimum Gasteiger partial charge on any atom is -0.381 e. The Morgan fingerprint density at radius 3 is 2.80 bits per heavy atom. The second kappa shape index (κ2) is 2.89. The summed E-state index contributed by atoms with van der Waals surface area (Å²) in [5, 5.41) is 3.50. The maximum Gasteiger partial charge on any atom is 0.0517 e. The number of rotatable bonds is 2. The molecule has 58 valence electrons. The number of nitrogens with one attached hydrogen (secondary N) is 1. The van der Waals surface area contributed by atoms with Crippen LogP contribution in [-0.4, -0.2) is 25.8 Å². The van der Waals surface area contributed by atoms with E-state index in [4.69, 9.17) is 4.74 Å². The predicted octanol–water partition coefficient (Wildman–Crippen LogP) is 0.775. The molecule has 0 aromatic heterocycles. The summed E-state index contributed by atoms with van der Waals surface area (Å²) >= 11 is 0. The Hall–Kier alpha value is -0.0800. The lowest BCUT2D eigenvalue weighted by molar-refractivity contribution is -0.0389. The Kier molecular flexibility index (Phi) is 1.91. The lowest BCUT2D eigenvalue weighted by Gasteiger charge is -2.28. The van der Waals surface area contributed by atoms with Crippen LogP contribution in [0.2, 0.25) is 0 Å². The van der Waals surface area contributed by atoms with Gasteiger partial charge in [-0.25, -0.2) is 0 Å². The van der Waals surface area contributed by atoms with Crippen LogP contribution in [0.4, 0.5) is 0 Å². The van der Waals surface area contributed by atoms with E-state index in [1.807, 2.05) is 0 Å². The Labute approximate surface area is 61.9 Å². The van der Waals surface area contributed by atoms with Gasteiger partial charge in [-0.2, -0.15) is 0 Å². The van der Waals surface area contributed by atoms with E-state index in [2.05, 4.69) is 5.32 Å². The summed E-state index contributed by atoms with van der Waals surface area (Å²) in [7, 11) is 0.